The Bertz CT molecular complexity index is 1110. The van der Waals surface area contributed by atoms with E-state index in [2.05, 4.69) is 31.2 Å². The van der Waals surface area contributed by atoms with Crippen LogP contribution in [0.25, 0.3) is 22.3 Å². The fraction of sp³-hybridized carbons (Fsp3) is 0.286. The first-order valence-electron chi connectivity index (χ1n) is 11.2. The van der Waals surface area contributed by atoms with Gasteiger partial charge < -0.3 is 9.30 Å². The van der Waals surface area contributed by atoms with Crippen molar-refractivity contribution in [3.05, 3.63) is 94.9 Å². The third-order valence-corrected chi connectivity index (χ3v) is 5.43. The number of allylic oxidation sites excluding steroid dienone is 2. The second kappa shape index (κ2) is 11.8. The number of nitrogens with zero attached hydrogens (tertiary/aromatic N) is 1. The average Bonchev–Trinajstić information content (AvgIpc) is 2.83. The number of pyridine rings is 1. The number of rotatable bonds is 10. The number of unbranched alkanes of at least 4 members (excludes halogenated alkanes) is 2. The van der Waals surface area contributed by atoms with E-state index >= 15 is 0 Å². The molecule has 0 amide bonds. The lowest BCUT2D eigenvalue weighted by Crippen LogP contribution is -2.17. The van der Waals surface area contributed by atoms with E-state index in [-0.39, 0.29) is 17.9 Å². The number of esters is 1. The van der Waals surface area contributed by atoms with E-state index in [4.69, 9.17) is 4.74 Å². The van der Waals surface area contributed by atoms with Crippen LogP contribution in [0, 0.1) is 0 Å². The zero-order chi connectivity index (χ0) is 22.8. The summed E-state index contributed by atoms with van der Waals surface area (Å²) in [6.45, 7) is 2.25. The molecule has 4 heteroatoms. The van der Waals surface area contributed by atoms with Crippen molar-refractivity contribution in [1.82, 2.24) is 4.57 Å². The van der Waals surface area contributed by atoms with Gasteiger partial charge in [-0.25, -0.2) is 0 Å². The molecule has 166 valence electrons. The van der Waals surface area contributed by atoms with Crippen LogP contribution in [0.3, 0.4) is 0 Å². The largest absolute Gasteiger partial charge is 0.468 e. The van der Waals surface area contributed by atoms with Gasteiger partial charge in [-0.15, -0.1) is 0 Å². The SMILES string of the molecule is CCCCC=CCCc1cccc(-c2cn(CC(=O)OC)cc(-c3ccccc3)c2=O)c1. The first-order chi connectivity index (χ1) is 15.6. The van der Waals surface area contributed by atoms with Crippen molar-refractivity contribution in [3.8, 4) is 22.3 Å². The maximum Gasteiger partial charge on any atom is 0.325 e. The number of hydrogen-bond donors (Lipinski definition) is 0. The highest BCUT2D eigenvalue weighted by Gasteiger charge is 2.13. The van der Waals surface area contributed by atoms with Crippen molar-refractivity contribution in [2.24, 2.45) is 0 Å². The Balaban J connectivity index is 1.94. The van der Waals surface area contributed by atoms with E-state index in [1.54, 1.807) is 17.0 Å². The van der Waals surface area contributed by atoms with Crippen LogP contribution < -0.4 is 5.43 Å². The van der Waals surface area contributed by atoms with Gasteiger partial charge in [0.1, 0.15) is 6.54 Å². The van der Waals surface area contributed by atoms with Gasteiger partial charge in [0.15, 0.2) is 5.43 Å². The van der Waals surface area contributed by atoms with Gasteiger partial charge in [-0.1, -0.05) is 86.5 Å². The molecular weight excluding hydrogens is 398 g/mol. The first-order valence-corrected chi connectivity index (χ1v) is 11.2. The molecule has 0 saturated heterocycles. The van der Waals surface area contributed by atoms with Gasteiger partial charge in [0.25, 0.3) is 0 Å². The Kier molecular flexibility index (Phi) is 8.61. The zero-order valence-corrected chi connectivity index (χ0v) is 18.9. The van der Waals surface area contributed by atoms with Gasteiger partial charge in [0.2, 0.25) is 0 Å². The van der Waals surface area contributed by atoms with Crippen molar-refractivity contribution in [3.63, 3.8) is 0 Å². The van der Waals surface area contributed by atoms with E-state index in [1.165, 1.54) is 25.5 Å². The molecule has 0 fully saturated rings. The van der Waals surface area contributed by atoms with E-state index < -0.39 is 0 Å². The summed E-state index contributed by atoms with van der Waals surface area (Å²) >= 11 is 0. The number of aromatic nitrogens is 1. The van der Waals surface area contributed by atoms with E-state index in [0.717, 1.165) is 30.4 Å². The predicted octanol–water partition coefficient (Wildman–Crippen LogP) is 6.03. The summed E-state index contributed by atoms with van der Waals surface area (Å²) < 4.78 is 6.56. The Morgan fingerprint density at radius 3 is 2.34 bits per heavy atom. The maximum absolute atomic E-state index is 13.4. The van der Waals surface area contributed by atoms with Crippen LogP contribution in [0.15, 0.2) is 83.9 Å². The smallest absolute Gasteiger partial charge is 0.325 e. The van der Waals surface area contributed by atoms with Gasteiger partial charge in [-0.3, -0.25) is 9.59 Å². The number of ether oxygens (including phenoxy) is 1. The fourth-order valence-corrected chi connectivity index (χ4v) is 3.67. The van der Waals surface area contributed by atoms with Crippen LogP contribution in [0.5, 0.6) is 0 Å². The average molecular weight is 430 g/mol. The summed E-state index contributed by atoms with van der Waals surface area (Å²) in [4.78, 5) is 25.3. The second-order valence-corrected chi connectivity index (χ2v) is 7.88. The number of benzene rings is 2. The van der Waals surface area contributed by atoms with Gasteiger partial charge in [0.05, 0.1) is 7.11 Å². The Morgan fingerprint density at radius 1 is 0.938 bits per heavy atom. The lowest BCUT2D eigenvalue weighted by molar-refractivity contribution is -0.141. The molecule has 1 aromatic heterocycles. The third kappa shape index (κ3) is 6.30. The summed E-state index contributed by atoms with van der Waals surface area (Å²) in [5.41, 5.74) is 3.97. The number of carbonyl (C=O) groups is 1. The minimum absolute atomic E-state index is 0.0473. The first kappa shape index (κ1) is 23.3. The fourth-order valence-electron chi connectivity index (χ4n) is 3.67. The van der Waals surface area contributed by atoms with Gasteiger partial charge in [0, 0.05) is 23.5 Å². The Labute approximate surface area is 190 Å². The number of carbonyl (C=O) groups excluding carboxylic acids is 1. The highest BCUT2D eigenvalue weighted by molar-refractivity contribution is 5.74. The van der Waals surface area contributed by atoms with Crippen molar-refractivity contribution < 1.29 is 9.53 Å². The quantitative estimate of drug-likeness (QED) is 0.224. The van der Waals surface area contributed by atoms with Crippen molar-refractivity contribution in [2.75, 3.05) is 7.11 Å². The second-order valence-electron chi connectivity index (χ2n) is 7.88. The van der Waals surface area contributed by atoms with Crippen LogP contribution in [0.2, 0.25) is 0 Å². The molecule has 32 heavy (non-hydrogen) atoms. The Morgan fingerprint density at radius 2 is 1.62 bits per heavy atom. The monoisotopic (exact) mass is 429 g/mol. The van der Waals surface area contributed by atoms with Crippen LogP contribution >= 0.6 is 0 Å². The Hall–Kier alpha value is -3.40. The van der Waals surface area contributed by atoms with Crippen LogP contribution in [0.1, 0.15) is 38.2 Å². The zero-order valence-electron chi connectivity index (χ0n) is 18.9. The summed E-state index contributed by atoms with van der Waals surface area (Å²) in [7, 11) is 1.37. The molecule has 3 aromatic rings. The molecule has 2 aromatic carbocycles. The maximum atomic E-state index is 13.4. The minimum atomic E-state index is -0.359. The molecule has 4 nitrogen and oxygen atoms in total. The van der Waals surface area contributed by atoms with Crippen LogP contribution in [0.4, 0.5) is 0 Å². The van der Waals surface area contributed by atoms with E-state index in [0.29, 0.717) is 11.1 Å². The lowest BCUT2D eigenvalue weighted by atomic mass is 9.98. The number of hydrogen-bond acceptors (Lipinski definition) is 3. The van der Waals surface area contributed by atoms with Gasteiger partial charge in [-0.2, -0.15) is 0 Å². The van der Waals surface area contributed by atoms with Crippen molar-refractivity contribution >= 4 is 5.97 Å². The molecule has 0 unspecified atom stereocenters. The molecule has 1 heterocycles. The molecule has 0 aliphatic heterocycles. The predicted molar refractivity (Wildman–Crippen MR) is 131 cm³/mol. The topological polar surface area (TPSA) is 48.3 Å². The highest BCUT2D eigenvalue weighted by atomic mass is 16.5. The summed E-state index contributed by atoms with van der Waals surface area (Å²) in [5.74, 6) is -0.359. The molecule has 0 spiro atoms. The van der Waals surface area contributed by atoms with Gasteiger partial charge >= 0.3 is 5.97 Å². The standard InChI is InChI=1S/C28H31NO3/c1-3-4-5-6-7-9-13-22-14-12-17-24(18-22)26-20-29(21-27(30)32-2)19-25(28(26)31)23-15-10-8-11-16-23/h6-8,10-12,14-20H,3-5,9,13,21H2,1-2H3. The molecule has 0 N–H and O–H groups in total. The number of aryl methyl sites for hydroxylation is 1. The molecule has 0 radical (unpaired) electrons. The molecular formula is C28H31NO3. The molecule has 0 saturated carbocycles. The van der Waals surface area contributed by atoms with Crippen molar-refractivity contribution in [1.29, 1.82) is 0 Å². The molecule has 0 atom stereocenters. The summed E-state index contributed by atoms with van der Waals surface area (Å²) in [5, 5.41) is 0. The highest BCUT2D eigenvalue weighted by Crippen LogP contribution is 2.23. The van der Waals surface area contributed by atoms with Gasteiger partial charge in [-0.05, 0) is 36.0 Å². The minimum Gasteiger partial charge on any atom is -0.468 e. The molecule has 0 aliphatic rings. The van der Waals surface area contributed by atoms with E-state index in [1.807, 2.05) is 42.5 Å². The van der Waals surface area contributed by atoms with Crippen LogP contribution in [-0.4, -0.2) is 17.6 Å². The lowest BCUT2D eigenvalue weighted by Gasteiger charge is -2.12. The molecule has 0 bridgehead atoms. The normalized spacial score (nSPS) is 11.1. The van der Waals surface area contributed by atoms with Crippen molar-refractivity contribution in [2.45, 2.75) is 45.6 Å². The summed E-state index contributed by atoms with van der Waals surface area (Å²) in [6.07, 6.45) is 13.4. The van der Waals surface area contributed by atoms with E-state index in [9.17, 15) is 9.59 Å². The number of methoxy groups -OCH3 is 1. The molecule has 3 rings (SSSR count). The third-order valence-electron chi connectivity index (χ3n) is 5.43. The molecule has 0 aliphatic carbocycles. The summed E-state index contributed by atoms with van der Waals surface area (Å²) in [6, 6.07) is 17.7. The van der Waals surface area contributed by atoms with Crippen LogP contribution in [-0.2, 0) is 22.5 Å².